The molecule has 0 spiro atoms. The van der Waals surface area contributed by atoms with E-state index >= 15 is 0 Å². The predicted molar refractivity (Wildman–Crippen MR) is 94.4 cm³/mol. The summed E-state index contributed by atoms with van der Waals surface area (Å²) in [5.41, 5.74) is 0. The van der Waals surface area contributed by atoms with Gasteiger partial charge in [-0.1, -0.05) is 0 Å². The monoisotopic (exact) mass is 346 g/mol. The molecule has 0 radical (unpaired) electrons. The van der Waals surface area contributed by atoms with Crippen molar-refractivity contribution >= 4 is 33.3 Å². The summed E-state index contributed by atoms with van der Waals surface area (Å²) in [6.45, 7) is 4.76. The van der Waals surface area contributed by atoms with Crippen LogP contribution in [0.1, 0.15) is 19.3 Å². The van der Waals surface area contributed by atoms with Crippen molar-refractivity contribution in [3.63, 3.8) is 0 Å². The van der Waals surface area contributed by atoms with Crippen molar-refractivity contribution < 1.29 is 9.53 Å². The van der Waals surface area contributed by atoms with E-state index in [0.717, 1.165) is 55.1 Å². The highest BCUT2D eigenvalue weighted by molar-refractivity contribution is 7.16. The Morgan fingerprint density at radius 3 is 2.79 bits per heavy atom. The van der Waals surface area contributed by atoms with Gasteiger partial charge in [0.25, 0.3) is 0 Å². The van der Waals surface area contributed by atoms with Crippen LogP contribution in [-0.2, 0) is 9.53 Å². The zero-order valence-corrected chi connectivity index (χ0v) is 14.5. The van der Waals surface area contributed by atoms with Crippen LogP contribution in [0.2, 0.25) is 0 Å². The van der Waals surface area contributed by atoms with Crippen LogP contribution in [0.3, 0.4) is 0 Å². The molecule has 2 aromatic rings. The molecule has 0 unspecified atom stereocenters. The molecule has 0 aliphatic carbocycles. The summed E-state index contributed by atoms with van der Waals surface area (Å²) in [7, 11) is 0. The summed E-state index contributed by atoms with van der Waals surface area (Å²) < 4.78 is 5.32. The van der Waals surface area contributed by atoms with Gasteiger partial charge in [0.15, 0.2) is 0 Å². The first-order chi connectivity index (χ1) is 11.8. The second kappa shape index (κ2) is 7.03. The van der Waals surface area contributed by atoms with E-state index < -0.39 is 0 Å². The highest BCUT2D eigenvalue weighted by Gasteiger charge is 2.26. The van der Waals surface area contributed by atoms with Crippen LogP contribution in [0.25, 0.3) is 10.2 Å². The maximum Gasteiger partial charge on any atom is 0.223 e. The van der Waals surface area contributed by atoms with Crippen LogP contribution < -0.4 is 4.90 Å². The molecule has 0 aromatic carbocycles. The average Bonchev–Trinajstić information content (AvgIpc) is 3.12. The molecule has 2 fully saturated rings. The number of amides is 1. The van der Waals surface area contributed by atoms with Gasteiger partial charge in [0.05, 0.1) is 18.6 Å². The van der Waals surface area contributed by atoms with Gasteiger partial charge in [0, 0.05) is 32.6 Å². The Bertz CT molecular complexity index is 705. The molecule has 4 rings (SSSR count). The number of rotatable bonds is 3. The van der Waals surface area contributed by atoms with E-state index in [1.807, 2.05) is 4.90 Å². The Hall–Kier alpha value is -1.73. The molecule has 0 atom stereocenters. The number of anilines is 1. The predicted octanol–water partition coefficient (Wildman–Crippen LogP) is 2.16. The molecule has 0 saturated carbocycles. The summed E-state index contributed by atoms with van der Waals surface area (Å²) in [5.74, 6) is 1.81. The largest absolute Gasteiger partial charge is 0.378 e. The van der Waals surface area contributed by atoms with Crippen molar-refractivity contribution in [1.82, 2.24) is 14.9 Å². The summed E-state index contributed by atoms with van der Waals surface area (Å²) >= 11 is 1.65. The number of carbonyl (C=O) groups is 1. The molecule has 4 heterocycles. The number of nitrogens with zero attached hydrogens (tertiary/aromatic N) is 4. The van der Waals surface area contributed by atoms with Crippen molar-refractivity contribution in [2.45, 2.75) is 19.3 Å². The Labute approximate surface area is 145 Å². The minimum absolute atomic E-state index is 0.291. The lowest BCUT2D eigenvalue weighted by atomic mass is 9.93. The second-order valence-corrected chi connectivity index (χ2v) is 7.36. The molecule has 2 aromatic heterocycles. The highest BCUT2D eigenvalue weighted by atomic mass is 32.1. The Balaban J connectivity index is 1.35. The molecule has 1 amide bonds. The number of thiophene rings is 1. The van der Waals surface area contributed by atoms with Crippen molar-refractivity contribution in [1.29, 1.82) is 0 Å². The van der Waals surface area contributed by atoms with E-state index in [-0.39, 0.29) is 0 Å². The molecule has 2 aliphatic heterocycles. The zero-order chi connectivity index (χ0) is 16.4. The standard InChI is InChI=1S/C17H22N4O2S/c22-15(20-6-8-23-9-7-20)11-13-1-4-21(5-2-13)16-14-3-10-24-17(14)19-12-18-16/h3,10,12-13H,1-2,4-9,11H2. The molecule has 128 valence electrons. The summed E-state index contributed by atoms with van der Waals surface area (Å²) in [6.07, 6.45) is 4.42. The number of hydrogen-bond donors (Lipinski definition) is 0. The molecule has 0 bridgehead atoms. The molecule has 2 saturated heterocycles. The number of carbonyl (C=O) groups excluding carboxylic acids is 1. The van der Waals surface area contributed by atoms with Crippen molar-refractivity contribution in [2.24, 2.45) is 5.92 Å². The molecule has 2 aliphatic rings. The molecule has 0 N–H and O–H groups in total. The van der Waals surface area contributed by atoms with Gasteiger partial charge in [-0.3, -0.25) is 4.79 Å². The Kier molecular flexibility index (Phi) is 4.62. The highest BCUT2D eigenvalue weighted by Crippen LogP contribution is 2.30. The van der Waals surface area contributed by atoms with E-state index in [1.54, 1.807) is 17.7 Å². The number of morpholine rings is 1. The average molecular weight is 346 g/mol. The third-order valence-electron chi connectivity index (χ3n) is 4.98. The van der Waals surface area contributed by atoms with Gasteiger partial charge in [0.2, 0.25) is 5.91 Å². The molecule has 7 heteroatoms. The van der Waals surface area contributed by atoms with Gasteiger partial charge in [-0.05, 0) is 30.2 Å². The third-order valence-corrected chi connectivity index (χ3v) is 5.80. The summed E-state index contributed by atoms with van der Waals surface area (Å²) in [5, 5.41) is 3.21. The molecular weight excluding hydrogens is 324 g/mol. The first-order valence-corrected chi connectivity index (χ1v) is 9.48. The van der Waals surface area contributed by atoms with Gasteiger partial charge in [0.1, 0.15) is 17.0 Å². The van der Waals surface area contributed by atoms with E-state index in [4.69, 9.17) is 4.74 Å². The number of hydrogen-bond acceptors (Lipinski definition) is 6. The van der Waals surface area contributed by atoms with E-state index in [2.05, 4.69) is 26.3 Å². The van der Waals surface area contributed by atoms with E-state index in [1.165, 1.54) is 0 Å². The van der Waals surface area contributed by atoms with Crippen LogP contribution in [0, 0.1) is 5.92 Å². The number of ether oxygens (including phenoxy) is 1. The minimum atomic E-state index is 0.291. The quantitative estimate of drug-likeness (QED) is 0.852. The Morgan fingerprint density at radius 2 is 2.00 bits per heavy atom. The van der Waals surface area contributed by atoms with Crippen molar-refractivity contribution in [3.05, 3.63) is 17.8 Å². The maximum atomic E-state index is 12.4. The Morgan fingerprint density at radius 1 is 1.21 bits per heavy atom. The second-order valence-electron chi connectivity index (χ2n) is 6.46. The normalized spacial score (nSPS) is 19.8. The van der Waals surface area contributed by atoms with E-state index in [0.29, 0.717) is 31.5 Å². The lowest BCUT2D eigenvalue weighted by molar-refractivity contribution is -0.136. The van der Waals surface area contributed by atoms with Crippen LogP contribution in [0.5, 0.6) is 0 Å². The number of piperidine rings is 1. The summed E-state index contributed by atoms with van der Waals surface area (Å²) in [4.78, 5) is 26.6. The first kappa shape index (κ1) is 15.8. The third kappa shape index (κ3) is 3.23. The van der Waals surface area contributed by atoms with Gasteiger partial charge in [-0.2, -0.15) is 0 Å². The lowest BCUT2D eigenvalue weighted by Gasteiger charge is -2.34. The van der Waals surface area contributed by atoms with Gasteiger partial charge in [-0.25, -0.2) is 9.97 Å². The fraction of sp³-hybridized carbons (Fsp3) is 0.588. The molecule has 24 heavy (non-hydrogen) atoms. The van der Waals surface area contributed by atoms with Gasteiger partial charge >= 0.3 is 0 Å². The van der Waals surface area contributed by atoms with E-state index in [9.17, 15) is 4.79 Å². The van der Waals surface area contributed by atoms with Gasteiger partial charge in [-0.15, -0.1) is 11.3 Å². The van der Waals surface area contributed by atoms with Gasteiger partial charge < -0.3 is 14.5 Å². The van der Waals surface area contributed by atoms with Crippen LogP contribution in [0.4, 0.5) is 5.82 Å². The lowest BCUT2D eigenvalue weighted by Crippen LogP contribution is -2.42. The maximum absolute atomic E-state index is 12.4. The minimum Gasteiger partial charge on any atom is -0.378 e. The fourth-order valence-corrected chi connectivity index (χ4v) is 4.29. The van der Waals surface area contributed by atoms with Crippen molar-refractivity contribution in [2.75, 3.05) is 44.3 Å². The van der Waals surface area contributed by atoms with Crippen LogP contribution in [0.15, 0.2) is 17.8 Å². The van der Waals surface area contributed by atoms with Crippen molar-refractivity contribution in [3.8, 4) is 0 Å². The topological polar surface area (TPSA) is 58.6 Å². The zero-order valence-electron chi connectivity index (χ0n) is 13.7. The number of fused-ring (bicyclic) bond motifs is 1. The fourth-order valence-electron chi connectivity index (χ4n) is 3.57. The molecular formula is C17H22N4O2S. The number of aromatic nitrogens is 2. The van der Waals surface area contributed by atoms with Crippen LogP contribution >= 0.6 is 11.3 Å². The SMILES string of the molecule is O=C(CC1CCN(c2ncnc3sccc23)CC1)N1CCOCC1. The van der Waals surface area contributed by atoms with Crippen LogP contribution in [-0.4, -0.2) is 60.2 Å². The first-order valence-electron chi connectivity index (χ1n) is 8.60. The molecule has 6 nitrogen and oxygen atoms in total. The smallest absolute Gasteiger partial charge is 0.223 e. The summed E-state index contributed by atoms with van der Waals surface area (Å²) in [6, 6.07) is 2.10.